The van der Waals surface area contributed by atoms with Crippen LogP contribution in [0.2, 0.25) is 0 Å². The molecule has 0 radical (unpaired) electrons. The van der Waals surface area contributed by atoms with Gasteiger partial charge < -0.3 is 14.9 Å². The van der Waals surface area contributed by atoms with E-state index in [9.17, 15) is 27.8 Å². The summed E-state index contributed by atoms with van der Waals surface area (Å²) in [6.45, 7) is 8.92. The minimum absolute atomic E-state index is 0.0454. The summed E-state index contributed by atoms with van der Waals surface area (Å²) in [6.07, 6.45) is 1.44. The molecule has 1 heterocycles. The maximum atomic E-state index is 13.6. The summed E-state index contributed by atoms with van der Waals surface area (Å²) < 4.78 is 44.1. The average molecular weight is 538 g/mol. The molecule has 2 N–H and O–H groups in total. The van der Waals surface area contributed by atoms with Crippen molar-refractivity contribution >= 4 is 28.0 Å². The second kappa shape index (κ2) is 12.1. The van der Waals surface area contributed by atoms with Gasteiger partial charge in [-0.1, -0.05) is 26.0 Å². The highest BCUT2D eigenvalue weighted by Gasteiger charge is 2.23. The fourth-order valence-electron chi connectivity index (χ4n) is 3.42. The number of carbonyl (C=O) groups is 1. The van der Waals surface area contributed by atoms with Crippen LogP contribution >= 0.6 is 0 Å². The van der Waals surface area contributed by atoms with Gasteiger partial charge in [0.1, 0.15) is 11.4 Å². The van der Waals surface area contributed by atoms with Crippen molar-refractivity contribution in [3.05, 3.63) is 47.4 Å². The van der Waals surface area contributed by atoms with Gasteiger partial charge in [0.15, 0.2) is 0 Å². The number of carbonyl (C=O) groups excluding carboxylic acids is 1. The van der Waals surface area contributed by atoms with Gasteiger partial charge in [-0.25, -0.2) is 27.1 Å². The van der Waals surface area contributed by atoms with Crippen molar-refractivity contribution in [3.8, 4) is 11.3 Å². The lowest BCUT2D eigenvalue weighted by Crippen LogP contribution is -2.28. The van der Waals surface area contributed by atoms with Gasteiger partial charge in [-0.15, -0.1) is 0 Å². The highest BCUT2D eigenvalue weighted by Crippen LogP contribution is 2.31. The van der Waals surface area contributed by atoms with Gasteiger partial charge in [0.2, 0.25) is 16.0 Å². The zero-order chi connectivity index (χ0) is 28.1. The highest BCUT2D eigenvalue weighted by molar-refractivity contribution is 7.92. The van der Waals surface area contributed by atoms with Crippen LogP contribution in [0.25, 0.3) is 17.3 Å². The van der Waals surface area contributed by atoms with E-state index in [1.807, 2.05) is 13.8 Å². The molecule has 9 nitrogen and oxygen atoms in total. The molecule has 0 aliphatic carbocycles. The van der Waals surface area contributed by atoms with Crippen LogP contribution in [-0.2, 0) is 19.6 Å². The number of ether oxygens (including phenoxy) is 1. The third-order valence-electron chi connectivity index (χ3n) is 5.23. The molecule has 2 rings (SSSR count). The van der Waals surface area contributed by atoms with Crippen LogP contribution in [-0.4, -0.2) is 65.7 Å². The molecule has 2 aromatic rings. The predicted molar refractivity (Wildman–Crippen MR) is 141 cm³/mol. The number of hydrogen-bond donors (Lipinski definition) is 2. The molecule has 0 fully saturated rings. The molecular weight excluding hydrogens is 501 g/mol. The number of aliphatic hydroxyl groups excluding tert-OH is 2. The lowest BCUT2D eigenvalue weighted by molar-refractivity contribution is -0.157. The van der Waals surface area contributed by atoms with Gasteiger partial charge in [-0.2, -0.15) is 0 Å². The van der Waals surface area contributed by atoms with Crippen molar-refractivity contribution in [2.45, 2.75) is 71.2 Å². The van der Waals surface area contributed by atoms with E-state index in [4.69, 9.17) is 4.74 Å². The van der Waals surface area contributed by atoms with Crippen molar-refractivity contribution in [2.75, 3.05) is 17.6 Å². The molecule has 0 bridgehead atoms. The first kappa shape index (κ1) is 30.3. The molecule has 0 amide bonds. The minimum Gasteiger partial charge on any atom is -0.460 e. The van der Waals surface area contributed by atoms with Crippen LogP contribution in [0, 0.1) is 5.82 Å². The quantitative estimate of drug-likeness (QED) is 0.439. The molecule has 0 aliphatic rings. The van der Waals surface area contributed by atoms with Crippen molar-refractivity contribution < 1.29 is 32.6 Å². The number of esters is 1. The van der Waals surface area contributed by atoms with Crippen LogP contribution < -0.4 is 4.31 Å². The van der Waals surface area contributed by atoms with E-state index in [1.54, 1.807) is 26.8 Å². The van der Waals surface area contributed by atoms with E-state index in [0.717, 1.165) is 10.6 Å². The third-order valence-corrected chi connectivity index (χ3v) is 6.39. The van der Waals surface area contributed by atoms with Gasteiger partial charge in [0.25, 0.3) is 0 Å². The van der Waals surface area contributed by atoms with Gasteiger partial charge in [0, 0.05) is 24.6 Å². The summed E-state index contributed by atoms with van der Waals surface area (Å²) in [4.78, 5) is 20.9. The van der Waals surface area contributed by atoms with Crippen LogP contribution in [0.4, 0.5) is 10.3 Å². The third kappa shape index (κ3) is 9.17. The first-order chi connectivity index (χ1) is 17.0. The minimum atomic E-state index is -3.65. The Balaban J connectivity index is 2.45. The average Bonchev–Trinajstić information content (AvgIpc) is 2.75. The number of aromatic nitrogens is 2. The zero-order valence-electron chi connectivity index (χ0n) is 22.3. The van der Waals surface area contributed by atoms with Crippen LogP contribution in [0.5, 0.6) is 0 Å². The Labute approximate surface area is 218 Å². The molecule has 11 heteroatoms. The maximum absolute atomic E-state index is 13.6. The number of sulfonamides is 1. The second-order valence-corrected chi connectivity index (χ2v) is 12.2. The summed E-state index contributed by atoms with van der Waals surface area (Å²) in [6, 6.07) is 5.57. The van der Waals surface area contributed by atoms with E-state index in [2.05, 4.69) is 9.97 Å². The van der Waals surface area contributed by atoms with E-state index in [1.165, 1.54) is 37.4 Å². The number of nitrogens with zero attached hydrogens (tertiary/aromatic N) is 3. The SMILES string of the molecule is CC(C)c1nc(N(C)S(C)(=O)=O)nc(-c2ccc(F)cc2)c1/C=C/[C@H](O)C[C@H](O)CC(=O)OC(C)(C)C. The summed E-state index contributed by atoms with van der Waals surface area (Å²) in [7, 11) is -2.31. The first-order valence-corrected chi connectivity index (χ1v) is 13.7. The van der Waals surface area contributed by atoms with Gasteiger partial charge >= 0.3 is 5.97 Å². The Hall–Kier alpha value is -2.89. The Kier molecular flexibility index (Phi) is 9.92. The maximum Gasteiger partial charge on any atom is 0.308 e. The molecule has 0 saturated carbocycles. The Morgan fingerprint density at radius 3 is 2.27 bits per heavy atom. The number of hydrogen-bond acceptors (Lipinski definition) is 8. The predicted octanol–water partition coefficient (Wildman–Crippen LogP) is 3.66. The summed E-state index contributed by atoms with van der Waals surface area (Å²) in [5.74, 6) is -1.22. The first-order valence-electron chi connectivity index (χ1n) is 11.9. The van der Waals surface area contributed by atoms with Crippen molar-refractivity contribution in [1.82, 2.24) is 9.97 Å². The summed E-state index contributed by atoms with van der Waals surface area (Å²) >= 11 is 0. The molecular formula is C26H36FN3O6S. The second-order valence-electron chi connectivity index (χ2n) is 10.2. The summed E-state index contributed by atoms with van der Waals surface area (Å²) in [5, 5.41) is 20.8. The van der Waals surface area contributed by atoms with E-state index >= 15 is 0 Å². The lowest BCUT2D eigenvalue weighted by Gasteiger charge is -2.21. The Morgan fingerprint density at radius 1 is 1.16 bits per heavy atom. The highest BCUT2D eigenvalue weighted by atomic mass is 32.2. The molecule has 1 aromatic heterocycles. The molecule has 1 aromatic carbocycles. The smallest absolute Gasteiger partial charge is 0.308 e. The molecule has 2 atom stereocenters. The van der Waals surface area contributed by atoms with Gasteiger partial charge in [-0.3, -0.25) is 4.79 Å². The van der Waals surface area contributed by atoms with E-state index in [0.29, 0.717) is 22.5 Å². The van der Waals surface area contributed by atoms with Crippen LogP contribution in [0.15, 0.2) is 30.3 Å². The van der Waals surface area contributed by atoms with E-state index in [-0.39, 0.29) is 24.7 Å². The monoisotopic (exact) mass is 537 g/mol. The Morgan fingerprint density at radius 2 is 1.76 bits per heavy atom. The molecule has 0 saturated heterocycles. The Bertz CT molecular complexity index is 1220. The number of anilines is 1. The molecule has 0 unspecified atom stereocenters. The number of aliphatic hydroxyl groups is 2. The molecule has 0 spiro atoms. The molecule has 204 valence electrons. The van der Waals surface area contributed by atoms with Crippen molar-refractivity contribution in [3.63, 3.8) is 0 Å². The largest absolute Gasteiger partial charge is 0.460 e. The zero-order valence-corrected chi connectivity index (χ0v) is 23.1. The topological polar surface area (TPSA) is 130 Å². The van der Waals surface area contributed by atoms with Crippen molar-refractivity contribution in [2.24, 2.45) is 0 Å². The number of benzene rings is 1. The van der Waals surface area contributed by atoms with Gasteiger partial charge in [-0.05, 0) is 51.0 Å². The van der Waals surface area contributed by atoms with Crippen molar-refractivity contribution in [1.29, 1.82) is 0 Å². The van der Waals surface area contributed by atoms with E-state index < -0.39 is 39.6 Å². The normalized spacial score (nSPS) is 14.1. The number of halogens is 1. The fourth-order valence-corrected chi connectivity index (χ4v) is 3.80. The fraction of sp³-hybridized carbons (Fsp3) is 0.500. The number of rotatable bonds is 10. The lowest BCUT2D eigenvalue weighted by atomic mass is 9.97. The van der Waals surface area contributed by atoms with Crippen LogP contribution in [0.1, 0.15) is 64.6 Å². The summed E-state index contributed by atoms with van der Waals surface area (Å²) in [5.41, 5.74) is 1.21. The molecule has 37 heavy (non-hydrogen) atoms. The molecule has 0 aliphatic heterocycles. The van der Waals surface area contributed by atoms with Gasteiger partial charge in [0.05, 0.1) is 36.3 Å². The standard InChI is InChI=1S/C26H36FN3O6S/c1-16(2)23-21(13-12-19(31)14-20(32)15-22(33)36-26(3,4)5)24(17-8-10-18(27)11-9-17)29-25(28-23)30(6)37(7,34)35/h8-13,16,19-20,31-32H,14-15H2,1-7H3/b13-12+/t19-,20-/m0/s1. The van der Waals surface area contributed by atoms with Crippen LogP contribution in [0.3, 0.4) is 0 Å².